The third-order valence-electron chi connectivity index (χ3n) is 3.86. The van der Waals surface area contributed by atoms with Gasteiger partial charge in [-0.05, 0) is 44.7 Å². The van der Waals surface area contributed by atoms with Gasteiger partial charge in [0.1, 0.15) is 0 Å². The molecule has 5 nitrogen and oxygen atoms in total. The number of likely N-dealkylation sites (tertiary alicyclic amines) is 1. The Labute approximate surface area is 108 Å². The molecule has 0 unspecified atom stereocenters. The van der Waals surface area contributed by atoms with E-state index in [4.69, 9.17) is 0 Å². The maximum absolute atomic E-state index is 11.7. The Bertz CT molecular complexity index is 307. The number of hydrogen-bond donors (Lipinski definition) is 2. The number of hydrogen-bond acceptors (Lipinski definition) is 3. The predicted molar refractivity (Wildman–Crippen MR) is 69.0 cm³/mol. The van der Waals surface area contributed by atoms with Crippen LogP contribution in [0.25, 0.3) is 0 Å². The second-order valence-electron chi connectivity index (χ2n) is 5.41. The second-order valence-corrected chi connectivity index (χ2v) is 5.41. The van der Waals surface area contributed by atoms with Crippen LogP contribution in [-0.4, -0.2) is 49.9 Å². The third-order valence-corrected chi connectivity index (χ3v) is 3.86. The highest BCUT2D eigenvalue weighted by atomic mass is 16.2. The van der Waals surface area contributed by atoms with Gasteiger partial charge in [-0.2, -0.15) is 0 Å². The molecular formula is C13H23N3O2. The van der Waals surface area contributed by atoms with Crippen LogP contribution in [0.2, 0.25) is 0 Å². The average molecular weight is 253 g/mol. The SMILES string of the molecule is CNC(=O)C1CCN(CC(=O)NCC2CC2)CC1. The second kappa shape index (κ2) is 6.18. The molecular weight excluding hydrogens is 230 g/mol. The minimum absolute atomic E-state index is 0.125. The number of carbonyl (C=O) groups excluding carboxylic acids is 2. The van der Waals surface area contributed by atoms with E-state index < -0.39 is 0 Å². The molecule has 0 aromatic carbocycles. The van der Waals surface area contributed by atoms with E-state index in [0.717, 1.165) is 38.4 Å². The van der Waals surface area contributed by atoms with E-state index in [2.05, 4.69) is 15.5 Å². The first-order valence-corrected chi connectivity index (χ1v) is 6.89. The summed E-state index contributed by atoms with van der Waals surface area (Å²) in [6.45, 7) is 3.00. The first kappa shape index (κ1) is 13.3. The fraction of sp³-hybridized carbons (Fsp3) is 0.846. The van der Waals surface area contributed by atoms with E-state index >= 15 is 0 Å². The molecule has 2 aliphatic rings. The third kappa shape index (κ3) is 3.98. The maximum atomic E-state index is 11.7. The molecule has 0 radical (unpaired) electrons. The van der Waals surface area contributed by atoms with Gasteiger partial charge in [-0.1, -0.05) is 0 Å². The van der Waals surface area contributed by atoms with Crippen LogP contribution in [0.4, 0.5) is 0 Å². The molecule has 1 aliphatic carbocycles. The van der Waals surface area contributed by atoms with Crippen molar-refractivity contribution >= 4 is 11.8 Å². The van der Waals surface area contributed by atoms with Gasteiger partial charge < -0.3 is 10.6 Å². The van der Waals surface area contributed by atoms with E-state index in [0.29, 0.717) is 6.54 Å². The number of rotatable bonds is 5. The molecule has 1 saturated heterocycles. The highest BCUT2D eigenvalue weighted by molar-refractivity contribution is 5.79. The van der Waals surface area contributed by atoms with E-state index in [1.165, 1.54) is 12.8 Å². The number of nitrogens with zero attached hydrogens (tertiary/aromatic N) is 1. The Hall–Kier alpha value is -1.10. The molecule has 2 N–H and O–H groups in total. The molecule has 0 atom stereocenters. The highest BCUT2D eigenvalue weighted by Gasteiger charge is 2.26. The molecule has 5 heteroatoms. The van der Waals surface area contributed by atoms with E-state index in [1.54, 1.807) is 7.05 Å². The van der Waals surface area contributed by atoms with Gasteiger partial charge >= 0.3 is 0 Å². The summed E-state index contributed by atoms with van der Waals surface area (Å²) >= 11 is 0. The summed E-state index contributed by atoms with van der Waals surface area (Å²) < 4.78 is 0. The molecule has 2 fully saturated rings. The van der Waals surface area contributed by atoms with Crippen LogP contribution in [0, 0.1) is 11.8 Å². The normalized spacial score (nSPS) is 21.6. The zero-order valence-electron chi connectivity index (χ0n) is 11.1. The molecule has 1 aliphatic heterocycles. The van der Waals surface area contributed by atoms with Crippen molar-refractivity contribution < 1.29 is 9.59 Å². The predicted octanol–water partition coefficient (Wildman–Crippen LogP) is -0.0294. The Morgan fingerprint density at radius 2 is 1.83 bits per heavy atom. The summed E-state index contributed by atoms with van der Waals surface area (Å²) in [4.78, 5) is 25.3. The Kier molecular flexibility index (Phi) is 4.58. The molecule has 18 heavy (non-hydrogen) atoms. The summed E-state index contributed by atoms with van der Waals surface area (Å²) in [5.74, 6) is 1.11. The topological polar surface area (TPSA) is 61.4 Å². The molecule has 0 bridgehead atoms. The lowest BCUT2D eigenvalue weighted by Gasteiger charge is -2.30. The molecule has 102 valence electrons. The molecule has 2 rings (SSSR count). The molecule has 1 saturated carbocycles. The summed E-state index contributed by atoms with van der Waals surface area (Å²) in [7, 11) is 1.68. The molecule has 1 heterocycles. The minimum atomic E-state index is 0.125. The minimum Gasteiger partial charge on any atom is -0.359 e. The van der Waals surface area contributed by atoms with E-state index in [1.807, 2.05) is 0 Å². The maximum Gasteiger partial charge on any atom is 0.234 e. The van der Waals surface area contributed by atoms with Crippen molar-refractivity contribution in [2.24, 2.45) is 11.8 Å². The van der Waals surface area contributed by atoms with Crippen molar-refractivity contribution in [3.8, 4) is 0 Å². The zero-order valence-corrected chi connectivity index (χ0v) is 11.1. The fourth-order valence-corrected chi connectivity index (χ4v) is 2.40. The van der Waals surface area contributed by atoms with Crippen LogP contribution >= 0.6 is 0 Å². The summed E-state index contributed by atoms with van der Waals surface area (Å²) in [6, 6.07) is 0. The van der Waals surface area contributed by atoms with Crippen LogP contribution in [0.1, 0.15) is 25.7 Å². The van der Waals surface area contributed by atoms with Crippen molar-refractivity contribution in [3.63, 3.8) is 0 Å². The molecule has 2 amide bonds. The molecule has 0 spiro atoms. The van der Waals surface area contributed by atoms with Gasteiger partial charge in [-0.25, -0.2) is 0 Å². The van der Waals surface area contributed by atoms with Gasteiger partial charge in [0.15, 0.2) is 0 Å². The van der Waals surface area contributed by atoms with Gasteiger partial charge in [0, 0.05) is 19.5 Å². The van der Waals surface area contributed by atoms with Gasteiger partial charge in [0.05, 0.1) is 6.54 Å². The van der Waals surface area contributed by atoms with E-state index in [-0.39, 0.29) is 17.7 Å². The van der Waals surface area contributed by atoms with Crippen molar-refractivity contribution in [2.75, 3.05) is 33.2 Å². The monoisotopic (exact) mass is 253 g/mol. The van der Waals surface area contributed by atoms with Crippen molar-refractivity contribution in [1.29, 1.82) is 0 Å². The van der Waals surface area contributed by atoms with Crippen molar-refractivity contribution in [2.45, 2.75) is 25.7 Å². The highest BCUT2D eigenvalue weighted by Crippen LogP contribution is 2.27. The first-order chi connectivity index (χ1) is 8.69. The Morgan fingerprint density at radius 1 is 1.17 bits per heavy atom. The average Bonchev–Trinajstić information content (AvgIpc) is 3.20. The Morgan fingerprint density at radius 3 is 2.39 bits per heavy atom. The largest absolute Gasteiger partial charge is 0.359 e. The van der Waals surface area contributed by atoms with Crippen LogP contribution in [0.5, 0.6) is 0 Å². The van der Waals surface area contributed by atoms with Crippen molar-refractivity contribution in [3.05, 3.63) is 0 Å². The fourth-order valence-electron chi connectivity index (χ4n) is 2.40. The van der Waals surface area contributed by atoms with Gasteiger partial charge in [0.2, 0.25) is 11.8 Å². The quantitative estimate of drug-likeness (QED) is 0.723. The number of piperidine rings is 1. The van der Waals surface area contributed by atoms with Crippen molar-refractivity contribution in [1.82, 2.24) is 15.5 Å². The zero-order chi connectivity index (χ0) is 13.0. The lowest BCUT2D eigenvalue weighted by Crippen LogP contribution is -2.44. The smallest absolute Gasteiger partial charge is 0.234 e. The molecule has 0 aromatic heterocycles. The number of amides is 2. The van der Waals surface area contributed by atoms with Crippen LogP contribution in [-0.2, 0) is 9.59 Å². The first-order valence-electron chi connectivity index (χ1n) is 6.89. The summed E-state index contributed by atoms with van der Waals surface area (Å²) in [6.07, 6.45) is 4.24. The standard InChI is InChI=1S/C13H23N3O2/c1-14-13(18)11-4-6-16(7-5-11)9-12(17)15-8-10-2-3-10/h10-11H,2-9H2,1H3,(H,14,18)(H,15,17). The summed E-state index contributed by atoms with van der Waals surface area (Å²) in [5, 5.41) is 5.67. The van der Waals surface area contributed by atoms with Gasteiger partial charge in [0.25, 0.3) is 0 Å². The number of carbonyl (C=O) groups is 2. The van der Waals surface area contributed by atoms with Gasteiger partial charge in [-0.3, -0.25) is 14.5 Å². The Balaban J connectivity index is 1.62. The van der Waals surface area contributed by atoms with Crippen LogP contribution < -0.4 is 10.6 Å². The lowest BCUT2D eigenvalue weighted by atomic mass is 9.96. The summed E-state index contributed by atoms with van der Waals surface area (Å²) in [5.41, 5.74) is 0. The van der Waals surface area contributed by atoms with Crippen LogP contribution in [0.15, 0.2) is 0 Å². The molecule has 0 aromatic rings. The van der Waals surface area contributed by atoms with E-state index in [9.17, 15) is 9.59 Å². The van der Waals surface area contributed by atoms with Crippen LogP contribution in [0.3, 0.4) is 0 Å². The lowest BCUT2D eigenvalue weighted by molar-refractivity contribution is -0.126. The number of nitrogens with one attached hydrogen (secondary N) is 2. The van der Waals surface area contributed by atoms with Gasteiger partial charge in [-0.15, -0.1) is 0 Å².